The van der Waals surface area contributed by atoms with Gasteiger partial charge in [0.2, 0.25) is 0 Å². The molecule has 4 rings (SSSR count). The van der Waals surface area contributed by atoms with Crippen LogP contribution in [0.15, 0.2) is 64.3 Å². The fourth-order valence-corrected chi connectivity index (χ4v) is 3.25. The lowest BCUT2D eigenvalue weighted by molar-refractivity contribution is 0.745. The second-order valence-corrected chi connectivity index (χ2v) is 7.23. The van der Waals surface area contributed by atoms with Gasteiger partial charge in [0.25, 0.3) is 5.56 Å². The second kappa shape index (κ2) is 6.53. The molecule has 130 valence electrons. The summed E-state index contributed by atoms with van der Waals surface area (Å²) in [7, 11) is 0. The van der Waals surface area contributed by atoms with Gasteiger partial charge in [-0.2, -0.15) is 5.10 Å². The van der Waals surface area contributed by atoms with Crippen LogP contribution >= 0.6 is 15.9 Å². The van der Waals surface area contributed by atoms with E-state index < -0.39 is 0 Å². The molecule has 2 aromatic heterocycles. The largest absolute Gasteiger partial charge is 0.294 e. The van der Waals surface area contributed by atoms with E-state index in [2.05, 4.69) is 39.0 Å². The lowest BCUT2D eigenvalue weighted by Crippen LogP contribution is -2.21. The maximum atomic E-state index is 12.9. The van der Waals surface area contributed by atoms with Crippen molar-refractivity contribution < 1.29 is 0 Å². The number of benzene rings is 2. The van der Waals surface area contributed by atoms with Crippen molar-refractivity contribution in [1.29, 1.82) is 0 Å². The van der Waals surface area contributed by atoms with Gasteiger partial charge in [0.05, 0.1) is 18.4 Å². The summed E-state index contributed by atoms with van der Waals surface area (Å²) < 4.78 is 4.36. The van der Waals surface area contributed by atoms with Crippen molar-refractivity contribution in [3.63, 3.8) is 0 Å². The zero-order chi connectivity index (χ0) is 18.3. The number of aromatic nitrogens is 4. The average Bonchev–Trinajstić information content (AvgIpc) is 3.06. The molecule has 0 aliphatic carbocycles. The average molecular weight is 409 g/mol. The lowest BCUT2D eigenvalue weighted by Gasteiger charge is -2.10. The summed E-state index contributed by atoms with van der Waals surface area (Å²) in [6.07, 6.45) is 3.19. The molecule has 0 aliphatic heterocycles. The van der Waals surface area contributed by atoms with E-state index in [-0.39, 0.29) is 5.56 Å². The van der Waals surface area contributed by atoms with Gasteiger partial charge >= 0.3 is 0 Å². The molecule has 0 saturated heterocycles. The molecule has 0 spiro atoms. The minimum absolute atomic E-state index is 0.0884. The first-order chi connectivity index (χ1) is 12.5. The quantitative estimate of drug-likeness (QED) is 0.514. The third-order valence-corrected chi connectivity index (χ3v) is 5.15. The number of hydrogen-bond acceptors (Lipinski definition) is 3. The first-order valence-electron chi connectivity index (χ1n) is 8.29. The summed E-state index contributed by atoms with van der Waals surface area (Å²) in [5.74, 6) is 0. The Labute approximate surface area is 159 Å². The smallest absolute Gasteiger partial charge is 0.264 e. The summed E-state index contributed by atoms with van der Waals surface area (Å²) in [5, 5.41) is 4.94. The predicted octanol–water partition coefficient (Wildman–Crippen LogP) is 4.01. The van der Waals surface area contributed by atoms with Crippen molar-refractivity contribution in [2.75, 3.05) is 0 Å². The van der Waals surface area contributed by atoms with Crippen LogP contribution < -0.4 is 5.56 Å². The maximum absolute atomic E-state index is 12.9. The molecule has 0 saturated carbocycles. The van der Waals surface area contributed by atoms with Crippen molar-refractivity contribution in [2.45, 2.75) is 20.4 Å². The summed E-state index contributed by atoms with van der Waals surface area (Å²) in [6, 6.07) is 13.9. The number of aryl methyl sites for hydroxylation is 1. The van der Waals surface area contributed by atoms with E-state index >= 15 is 0 Å². The normalized spacial score (nSPS) is 11.2. The highest BCUT2D eigenvalue weighted by Crippen LogP contribution is 2.20. The molecule has 0 radical (unpaired) electrons. The van der Waals surface area contributed by atoms with Crippen LogP contribution in [-0.4, -0.2) is 19.3 Å². The summed E-state index contributed by atoms with van der Waals surface area (Å²) >= 11 is 3.42. The Morgan fingerprint density at radius 3 is 2.62 bits per heavy atom. The third kappa shape index (κ3) is 2.86. The lowest BCUT2D eigenvalue weighted by atomic mass is 10.1. The van der Waals surface area contributed by atoms with Gasteiger partial charge < -0.3 is 0 Å². The van der Waals surface area contributed by atoms with Crippen LogP contribution in [0.4, 0.5) is 0 Å². The number of rotatable bonds is 3. The van der Waals surface area contributed by atoms with Crippen LogP contribution in [-0.2, 0) is 6.54 Å². The Kier molecular flexibility index (Phi) is 4.20. The number of fused-ring (bicyclic) bond motifs is 1. The van der Waals surface area contributed by atoms with Crippen LogP contribution in [0.2, 0.25) is 0 Å². The Morgan fingerprint density at radius 2 is 1.85 bits per heavy atom. The number of halogens is 1. The van der Waals surface area contributed by atoms with Crippen LogP contribution in [0.1, 0.15) is 16.7 Å². The summed E-state index contributed by atoms with van der Waals surface area (Å²) in [6.45, 7) is 4.58. The van der Waals surface area contributed by atoms with E-state index in [0.29, 0.717) is 17.6 Å². The molecule has 0 aliphatic rings. The van der Waals surface area contributed by atoms with Crippen LogP contribution in [0.5, 0.6) is 0 Å². The zero-order valence-corrected chi connectivity index (χ0v) is 16.1. The van der Waals surface area contributed by atoms with Gasteiger partial charge in [-0.15, -0.1) is 0 Å². The van der Waals surface area contributed by atoms with Gasteiger partial charge in [0.15, 0.2) is 5.65 Å². The van der Waals surface area contributed by atoms with Crippen molar-refractivity contribution in [1.82, 2.24) is 19.3 Å². The van der Waals surface area contributed by atoms with Gasteiger partial charge in [-0.3, -0.25) is 9.36 Å². The molecule has 6 heteroatoms. The molecule has 4 aromatic rings. The minimum atomic E-state index is -0.0884. The van der Waals surface area contributed by atoms with Crippen molar-refractivity contribution in [2.24, 2.45) is 0 Å². The molecule has 26 heavy (non-hydrogen) atoms. The Hall–Kier alpha value is -2.73. The maximum Gasteiger partial charge on any atom is 0.264 e. The van der Waals surface area contributed by atoms with Gasteiger partial charge in [0, 0.05) is 4.47 Å². The van der Waals surface area contributed by atoms with Gasteiger partial charge in [0.1, 0.15) is 11.7 Å². The van der Waals surface area contributed by atoms with Crippen LogP contribution in [0.25, 0.3) is 16.7 Å². The molecule has 0 unspecified atom stereocenters. The first kappa shape index (κ1) is 16.7. The van der Waals surface area contributed by atoms with Crippen molar-refractivity contribution in [3.8, 4) is 5.69 Å². The Morgan fingerprint density at radius 1 is 1.08 bits per heavy atom. The summed E-state index contributed by atoms with van der Waals surface area (Å²) in [4.78, 5) is 17.4. The van der Waals surface area contributed by atoms with Crippen molar-refractivity contribution >= 4 is 27.0 Å². The Bertz CT molecular complexity index is 1160. The fourth-order valence-electron chi connectivity index (χ4n) is 2.99. The molecule has 2 aromatic carbocycles. The Balaban J connectivity index is 1.79. The van der Waals surface area contributed by atoms with Gasteiger partial charge in [-0.1, -0.05) is 40.2 Å². The SMILES string of the molecule is Cc1cccc(-n2ncc3c(=O)n(Cc4ccc(Br)cc4)cnc32)c1C. The molecule has 0 amide bonds. The highest BCUT2D eigenvalue weighted by atomic mass is 79.9. The minimum Gasteiger partial charge on any atom is -0.294 e. The van der Waals surface area contributed by atoms with Crippen LogP contribution in [0, 0.1) is 13.8 Å². The molecule has 2 heterocycles. The van der Waals surface area contributed by atoms with E-state index in [9.17, 15) is 4.79 Å². The van der Waals surface area contributed by atoms with Crippen LogP contribution in [0.3, 0.4) is 0 Å². The van der Waals surface area contributed by atoms with E-state index in [0.717, 1.165) is 21.3 Å². The van der Waals surface area contributed by atoms with Gasteiger partial charge in [-0.05, 0) is 48.7 Å². The molecule has 0 atom stereocenters. The van der Waals surface area contributed by atoms with Gasteiger partial charge in [-0.25, -0.2) is 9.67 Å². The van der Waals surface area contributed by atoms with E-state index in [1.54, 1.807) is 21.8 Å². The van der Waals surface area contributed by atoms with Crippen molar-refractivity contribution in [3.05, 3.63) is 86.5 Å². The molecular formula is C20H17BrN4O. The monoisotopic (exact) mass is 408 g/mol. The standard InChI is InChI=1S/C20H17BrN4O/c1-13-4-3-5-18(14(13)2)25-19-17(10-23-25)20(26)24(12-22-19)11-15-6-8-16(21)9-7-15/h3-10,12H,11H2,1-2H3. The molecular weight excluding hydrogens is 392 g/mol. The second-order valence-electron chi connectivity index (χ2n) is 6.32. The topological polar surface area (TPSA) is 52.7 Å². The summed E-state index contributed by atoms with van der Waals surface area (Å²) in [5.41, 5.74) is 4.77. The number of hydrogen-bond donors (Lipinski definition) is 0. The van der Waals surface area contributed by atoms with E-state index in [1.807, 2.05) is 43.3 Å². The fraction of sp³-hybridized carbons (Fsp3) is 0.150. The highest BCUT2D eigenvalue weighted by Gasteiger charge is 2.13. The highest BCUT2D eigenvalue weighted by molar-refractivity contribution is 9.10. The first-order valence-corrected chi connectivity index (χ1v) is 9.08. The number of nitrogens with zero attached hydrogens (tertiary/aromatic N) is 4. The zero-order valence-electron chi connectivity index (χ0n) is 14.5. The van der Waals surface area contributed by atoms with E-state index in [4.69, 9.17) is 0 Å². The molecule has 0 bridgehead atoms. The third-order valence-electron chi connectivity index (χ3n) is 4.62. The molecule has 0 N–H and O–H groups in total. The van der Waals surface area contributed by atoms with E-state index in [1.165, 1.54) is 5.56 Å². The molecule has 5 nitrogen and oxygen atoms in total. The predicted molar refractivity (Wildman–Crippen MR) is 106 cm³/mol. The molecule has 0 fully saturated rings.